The highest BCUT2D eigenvalue weighted by molar-refractivity contribution is 5.95. The molecule has 1 aromatic heterocycles. The Bertz CT molecular complexity index is 671. The van der Waals surface area contributed by atoms with E-state index in [1.165, 1.54) is 0 Å². The number of aromatic nitrogens is 2. The number of hydrogen-bond acceptors (Lipinski definition) is 4. The number of fused-ring (bicyclic) bond motifs is 1. The molecule has 118 valence electrons. The van der Waals surface area contributed by atoms with Crippen molar-refractivity contribution in [3.8, 4) is 5.75 Å². The Labute approximate surface area is 135 Å². The van der Waals surface area contributed by atoms with Gasteiger partial charge in [-0.25, -0.2) is 0 Å². The summed E-state index contributed by atoms with van der Waals surface area (Å²) >= 11 is 0. The number of aryl methyl sites for hydroxylation is 1. The van der Waals surface area contributed by atoms with Crippen LogP contribution in [0.1, 0.15) is 17.2 Å². The van der Waals surface area contributed by atoms with Crippen molar-refractivity contribution in [1.82, 2.24) is 15.1 Å². The van der Waals surface area contributed by atoms with Crippen molar-refractivity contribution in [2.24, 2.45) is 7.05 Å². The third-order valence-corrected chi connectivity index (χ3v) is 3.57. The molecule has 0 saturated heterocycles. The van der Waals surface area contributed by atoms with Gasteiger partial charge in [0.15, 0.2) is 0 Å². The zero-order valence-electron chi connectivity index (χ0n) is 12.5. The Kier molecular flexibility index (Phi) is 5.05. The van der Waals surface area contributed by atoms with Gasteiger partial charge >= 0.3 is 0 Å². The number of hydrogen-bond donors (Lipinski definition) is 2. The molecule has 22 heavy (non-hydrogen) atoms. The molecule has 0 aliphatic carbocycles. The summed E-state index contributed by atoms with van der Waals surface area (Å²) in [6.45, 7) is 0.710. The summed E-state index contributed by atoms with van der Waals surface area (Å²) < 4.78 is 7.14. The first kappa shape index (κ1) is 16.3. The topological polar surface area (TPSA) is 68.2 Å². The Hall–Kier alpha value is -2.05. The molecule has 6 nitrogen and oxygen atoms in total. The number of carbonyl (C=O) groups is 1. The van der Waals surface area contributed by atoms with Crippen LogP contribution in [0.25, 0.3) is 0 Å². The van der Waals surface area contributed by atoms with Gasteiger partial charge in [-0.1, -0.05) is 0 Å². The lowest BCUT2D eigenvalue weighted by Gasteiger charge is -2.15. The Morgan fingerprint density at radius 3 is 2.95 bits per heavy atom. The minimum atomic E-state index is -0.428. The van der Waals surface area contributed by atoms with Crippen molar-refractivity contribution in [2.75, 3.05) is 19.0 Å². The quantitative estimate of drug-likeness (QED) is 0.898. The van der Waals surface area contributed by atoms with Crippen molar-refractivity contribution >= 4 is 24.0 Å². The second-order valence-electron chi connectivity index (χ2n) is 5.08. The lowest BCUT2D eigenvalue weighted by atomic mass is 10.1. The maximum absolute atomic E-state index is 12.4. The minimum absolute atomic E-state index is 0. The first-order valence-electron chi connectivity index (χ1n) is 6.90. The Morgan fingerprint density at radius 1 is 1.45 bits per heavy atom. The van der Waals surface area contributed by atoms with Crippen molar-refractivity contribution in [1.29, 1.82) is 0 Å². The van der Waals surface area contributed by atoms with Gasteiger partial charge in [0.25, 0.3) is 0 Å². The number of rotatable bonds is 4. The predicted octanol–water partition coefficient (Wildman–Crippen LogP) is 1.68. The van der Waals surface area contributed by atoms with Gasteiger partial charge in [-0.3, -0.25) is 9.48 Å². The van der Waals surface area contributed by atoms with E-state index >= 15 is 0 Å². The largest absolute Gasteiger partial charge is 0.493 e. The van der Waals surface area contributed by atoms with Gasteiger partial charge < -0.3 is 15.4 Å². The molecule has 0 fully saturated rings. The number of benzene rings is 1. The van der Waals surface area contributed by atoms with Crippen LogP contribution in [0, 0.1) is 0 Å². The molecule has 1 atom stereocenters. The highest BCUT2D eigenvalue weighted by Gasteiger charge is 2.21. The Morgan fingerprint density at radius 2 is 2.27 bits per heavy atom. The van der Waals surface area contributed by atoms with Crippen LogP contribution in [0.2, 0.25) is 0 Å². The van der Waals surface area contributed by atoms with Crippen LogP contribution in [0.3, 0.4) is 0 Å². The van der Waals surface area contributed by atoms with Crippen LogP contribution in [-0.2, 0) is 18.3 Å². The van der Waals surface area contributed by atoms with Gasteiger partial charge in [-0.15, -0.1) is 12.4 Å². The summed E-state index contributed by atoms with van der Waals surface area (Å²) in [6.07, 6.45) is 4.41. The van der Waals surface area contributed by atoms with Gasteiger partial charge in [0, 0.05) is 30.9 Å². The van der Waals surface area contributed by atoms with Crippen LogP contribution >= 0.6 is 12.4 Å². The number of ether oxygens (including phenoxy) is 1. The highest BCUT2D eigenvalue weighted by Crippen LogP contribution is 2.28. The molecule has 1 aliphatic rings. The van der Waals surface area contributed by atoms with Crippen LogP contribution in [-0.4, -0.2) is 29.3 Å². The van der Waals surface area contributed by atoms with E-state index in [0.29, 0.717) is 6.61 Å². The first-order chi connectivity index (χ1) is 10.2. The molecule has 0 radical (unpaired) electrons. The van der Waals surface area contributed by atoms with E-state index in [-0.39, 0.29) is 18.3 Å². The fourth-order valence-corrected chi connectivity index (χ4v) is 2.52. The maximum atomic E-state index is 12.4. The van der Waals surface area contributed by atoms with Gasteiger partial charge in [-0.2, -0.15) is 5.10 Å². The number of amides is 1. The highest BCUT2D eigenvalue weighted by atomic mass is 35.5. The van der Waals surface area contributed by atoms with E-state index in [1.54, 1.807) is 17.9 Å². The summed E-state index contributed by atoms with van der Waals surface area (Å²) in [5.74, 6) is 0.801. The second kappa shape index (κ2) is 6.81. The number of anilines is 1. The average molecular weight is 323 g/mol. The molecule has 3 rings (SSSR count). The second-order valence-corrected chi connectivity index (χ2v) is 5.08. The average Bonchev–Trinajstić information content (AvgIpc) is 3.08. The van der Waals surface area contributed by atoms with E-state index in [1.807, 2.05) is 31.4 Å². The molecule has 2 aromatic rings. The lowest BCUT2D eigenvalue weighted by Crippen LogP contribution is -2.30. The molecular formula is C15H19ClN4O2. The normalized spacial score (nSPS) is 13.7. The molecule has 2 N–H and O–H groups in total. The monoisotopic (exact) mass is 322 g/mol. The zero-order chi connectivity index (χ0) is 14.8. The molecule has 1 aliphatic heterocycles. The van der Waals surface area contributed by atoms with Gasteiger partial charge in [0.05, 0.1) is 12.8 Å². The standard InChI is InChI=1S/C15H18N4O2.ClH/c1-16-14(11-8-17-19(2)9-11)15(20)18-12-3-4-13-10(7-12)5-6-21-13;/h3-4,7-9,14,16H,5-6H2,1-2H3,(H,18,20);1H. The van der Waals surface area contributed by atoms with Gasteiger partial charge in [0.1, 0.15) is 11.8 Å². The summed E-state index contributed by atoms with van der Waals surface area (Å²) in [5.41, 5.74) is 2.76. The van der Waals surface area contributed by atoms with E-state index < -0.39 is 6.04 Å². The van der Waals surface area contributed by atoms with Crippen LogP contribution in [0.4, 0.5) is 5.69 Å². The SMILES string of the molecule is CNC(C(=O)Nc1ccc2c(c1)CCO2)c1cnn(C)c1.Cl. The summed E-state index contributed by atoms with van der Waals surface area (Å²) in [6, 6.07) is 5.30. The molecule has 1 aromatic carbocycles. The van der Waals surface area contributed by atoms with Crippen molar-refractivity contribution in [3.63, 3.8) is 0 Å². The fraction of sp³-hybridized carbons (Fsp3) is 0.333. The molecule has 2 heterocycles. The van der Waals surface area contributed by atoms with Crippen molar-refractivity contribution < 1.29 is 9.53 Å². The van der Waals surface area contributed by atoms with Crippen LogP contribution in [0.15, 0.2) is 30.6 Å². The van der Waals surface area contributed by atoms with Crippen molar-refractivity contribution in [3.05, 3.63) is 41.7 Å². The summed E-state index contributed by atoms with van der Waals surface area (Å²) in [5, 5.41) is 10.1. The number of nitrogens with zero attached hydrogens (tertiary/aromatic N) is 2. The smallest absolute Gasteiger partial charge is 0.246 e. The van der Waals surface area contributed by atoms with Crippen LogP contribution < -0.4 is 15.4 Å². The third kappa shape index (κ3) is 3.23. The molecule has 0 bridgehead atoms. The molecular weight excluding hydrogens is 304 g/mol. The Balaban J connectivity index is 0.00000176. The summed E-state index contributed by atoms with van der Waals surface area (Å²) in [4.78, 5) is 12.4. The molecule has 7 heteroatoms. The number of nitrogens with one attached hydrogen (secondary N) is 2. The van der Waals surface area contributed by atoms with Crippen LogP contribution in [0.5, 0.6) is 5.75 Å². The first-order valence-corrected chi connectivity index (χ1v) is 6.90. The maximum Gasteiger partial charge on any atom is 0.246 e. The molecule has 1 unspecified atom stereocenters. The van der Waals surface area contributed by atoms with E-state index in [2.05, 4.69) is 15.7 Å². The van der Waals surface area contributed by atoms with E-state index in [9.17, 15) is 4.79 Å². The van der Waals surface area contributed by atoms with Gasteiger partial charge in [0.2, 0.25) is 5.91 Å². The lowest BCUT2D eigenvalue weighted by molar-refractivity contribution is -0.118. The molecule has 1 amide bonds. The summed E-state index contributed by atoms with van der Waals surface area (Å²) in [7, 11) is 3.59. The fourth-order valence-electron chi connectivity index (χ4n) is 2.52. The number of likely N-dealkylation sites (N-methyl/N-ethyl adjacent to an activating group) is 1. The molecule has 0 spiro atoms. The zero-order valence-corrected chi connectivity index (χ0v) is 13.3. The third-order valence-electron chi connectivity index (χ3n) is 3.57. The molecule has 0 saturated carbocycles. The van der Waals surface area contributed by atoms with Crippen molar-refractivity contribution in [2.45, 2.75) is 12.5 Å². The number of halogens is 1. The van der Waals surface area contributed by atoms with Gasteiger partial charge in [-0.05, 0) is 30.8 Å². The minimum Gasteiger partial charge on any atom is -0.493 e. The predicted molar refractivity (Wildman–Crippen MR) is 86.5 cm³/mol. The van der Waals surface area contributed by atoms with E-state index in [0.717, 1.165) is 29.0 Å². The van der Waals surface area contributed by atoms with E-state index in [4.69, 9.17) is 4.74 Å². The number of carbonyl (C=O) groups excluding carboxylic acids is 1.